The number of piperidine rings is 1. The SMILES string of the molecule is COC(=O)Nc1ccc(-c2nc(N3CCOCC3)c3cnn(C4CCN(Cc5ccc(F)cc5)CC4)c3n2)cc1. The average Bonchev–Trinajstić information content (AvgIpc) is 3.43. The van der Waals surface area contributed by atoms with Gasteiger partial charge in [-0.3, -0.25) is 10.2 Å². The van der Waals surface area contributed by atoms with Crippen LogP contribution in [0.5, 0.6) is 0 Å². The van der Waals surface area contributed by atoms with Crippen LogP contribution >= 0.6 is 0 Å². The third-order valence-corrected chi connectivity index (χ3v) is 7.54. The zero-order valence-electron chi connectivity index (χ0n) is 22.4. The van der Waals surface area contributed by atoms with Gasteiger partial charge in [0.05, 0.1) is 37.9 Å². The number of nitrogens with zero attached hydrogens (tertiary/aromatic N) is 6. The minimum Gasteiger partial charge on any atom is -0.453 e. The largest absolute Gasteiger partial charge is 0.453 e. The van der Waals surface area contributed by atoms with E-state index in [1.807, 2.05) is 42.6 Å². The number of carbonyl (C=O) groups excluding carboxylic acids is 1. The fourth-order valence-electron chi connectivity index (χ4n) is 5.36. The Labute approximate surface area is 231 Å². The summed E-state index contributed by atoms with van der Waals surface area (Å²) in [5, 5.41) is 8.43. The van der Waals surface area contributed by atoms with Crippen molar-refractivity contribution >= 4 is 28.6 Å². The molecule has 0 atom stereocenters. The molecule has 1 amide bonds. The van der Waals surface area contributed by atoms with Crippen molar-refractivity contribution in [2.75, 3.05) is 56.7 Å². The highest BCUT2D eigenvalue weighted by molar-refractivity contribution is 5.89. The summed E-state index contributed by atoms with van der Waals surface area (Å²) in [6.07, 6.45) is 3.25. The Kier molecular flexibility index (Phi) is 7.56. The molecule has 0 aliphatic carbocycles. The Morgan fingerprint density at radius 2 is 1.75 bits per heavy atom. The quantitative estimate of drug-likeness (QED) is 0.379. The first-order valence-corrected chi connectivity index (χ1v) is 13.6. The highest BCUT2D eigenvalue weighted by atomic mass is 19.1. The molecule has 4 heterocycles. The topological polar surface area (TPSA) is 97.6 Å². The molecule has 0 bridgehead atoms. The number of amides is 1. The average molecular weight is 546 g/mol. The van der Waals surface area contributed by atoms with E-state index in [-0.39, 0.29) is 11.9 Å². The van der Waals surface area contributed by atoms with Crippen LogP contribution in [0.4, 0.5) is 20.7 Å². The first-order chi connectivity index (χ1) is 19.6. The fraction of sp³-hybridized carbons (Fsp3) is 0.379. The van der Waals surface area contributed by atoms with Crippen LogP contribution in [-0.4, -0.2) is 77.2 Å². The monoisotopic (exact) mass is 545 g/mol. The molecule has 0 unspecified atom stereocenters. The lowest BCUT2D eigenvalue weighted by atomic mass is 10.0. The number of hydrogen-bond donors (Lipinski definition) is 1. The van der Waals surface area contributed by atoms with E-state index in [0.29, 0.717) is 24.7 Å². The Morgan fingerprint density at radius 3 is 2.45 bits per heavy atom. The van der Waals surface area contributed by atoms with Gasteiger partial charge in [0.15, 0.2) is 11.5 Å². The number of nitrogens with one attached hydrogen (secondary N) is 1. The number of benzene rings is 2. The fourth-order valence-corrected chi connectivity index (χ4v) is 5.36. The summed E-state index contributed by atoms with van der Waals surface area (Å²) in [4.78, 5) is 26.2. The van der Waals surface area contributed by atoms with Crippen molar-refractivity contribution < 1.29 is 18.7 Å². The van der Waals surface area contributed by atoms with Gasteiger partial charge in [0.2, 0.25) is 0 Å². The van der Waals surface area contributed by atoms with Gasteiger partial charge in [-0.15, -0.1) is 0 Å². The predicted octanol–water partition coefficient (Wildman–Crippen LogP) is 4.48. The third kappa shape index (κ3) is 5.61. The summed E-state index contributed by atoms with van der Waals surface area (Å²) in [6, 6.07) is 14.4. The molecule has 208 valence electrons. The van der Waals surface area contributed by atoms with Crippen molar-refractivity contribution in [2.24, 2.45) is 0 Å². The number of fused-ring (bicyclic) bond motifs is 1. The maximum absolute atomic E-state index is 13.3. The smallest absolute Gasteiger partial charge is 0.411 e. The zero-order valence-corrected chi connectivity index (χ0v) is 22.4. The first-order valence-electron chi connectivity index (χ1n) is 13.6. The van der Waals surface area contributed by atoms with Gasteiger partial charge in [0, 0.05) is 44.0 Å². The van der Waals surface area contributed by atoms with E-state index >= 15 is 0 Å². The molecule has 1 N–H and O–H groups in total. The summed E-state index contributed by atoms with van der Waals surface area (Å²) in [5.41, 5.74) is 3.40. The molecule has 0 radical (unpaired) electrons. The van der Waals surface area contributed by atoms with Crippen molar-refractivity contribution in [3.05, 3.63) is 66.1 Å². The minimum atomic E-state index is -0.521. The van der Waals surface area contributed by atoms with Crippen LogP contribution in [-0.2, 0) is 16.0 Å². The number of aromatic nitrogens is 4. The summed E-state index contributed by atoms with van der Waals surface area (Å²) < 4.78 is 25.6. The maximum atomic E-state index is 13.3. The number of methoxy groups -OCH3 is 1. The van der Waals surface area contributed by atoms with Gasteiger partial charge < -0.3 is 14.4 Å². The Balaban J connectivity index is 1.27. The van der Waals surface area contributed by atoms with Crippen LogP contribution in [0.1, 0.15) is 24.4 Å². The van der Waals surface area contributed by atoms with E-state index in [0.717, 1.165) is 73.5 Å². The summed E-state index contributed by atoms with van der Waals surface area (Å²) in [6.45, 7) is 5.45. The highest BCUT2D eigenvalue weighted by Gasteiger charge is 2.26. The molecule has 2 aromatic heterocycles. The Hall–Kier alpha value is -4.09. The van der Waals surface area contributed by atoms with E-state index in [1.165, 1.54) is 19.2 Å². The molecule has 2 aliphatic heterocycles. The standard InChI is InChI=1S/C29H32FN7O3/c1-39-29(38)32-23-8-4-21(5-9-23)26-33-27(36-14-16-40-17-15-36)25-18-31-37(28(25)34-26)24-10-12-35(13-11-24)19-20-2-6-22(30)7-3-20/h2-9,18,24H,10-17,19H2,1H3,(H,32,38). The van der Waals surface area contributed by atoms with Crippen LogP contribution in [0.15, 0.2) is 54.7 Å². The van der Waals surface area contributed by atoms with Crippen molar-refractivity contribution in [3.63, 3.8) is 0 Å². The summed E-state index contributed by atoms with van der Waals surface area (Å²) in [5.74, 6) is 1.26. The van der Waals surface area contributed by atoms with Gasteiger partial charge in [-0.1, -0.05) is 12.1 Å². The van der Waals surface area contributed by atoms with Gasteiger partial charge >= 0.3 is 6.09 Å². The molecule has 2 aromatic carbocycles. The van der Waals surface area contributed by atoms with Gasteiger partial charge in [-0.05, 0) is 54.8 Å². The second kappa shape index (κ2) is 11.6. The predicted molar refractivity (Wildman–Crippen MR) is 150 cm³/mol. The summed E-state index contributed by atoms with van der Waals surface area (Å²) in [7, 11) is 1.33. The highest BCUT2D eigenvalue weighted by Crippen LogP contribution is 2.32. The van der Waals surface area contributed by atoms with Crippen LogP contribution < -0.4 is 10.2 Å². The van der Waals surface area contributed by atoms with E-state index in [9.17, 15) is 9.18 Å². The molecule has 10 nitrogen and oxygen atoms in total. The minimum absolute atomic E-state index is 0.209. The normalized spacial score (nSPS) is 16.8. The molecule has 2 aliphatic rings. The van der Waals surface area contributed by atoms with Crippen LogP contribution in [0.25, 0.3) is 22.4 Å². The first kappa shape index (κ1) is 26.1. The Morgan fingerprint density at radius 1 is 1.02 bits per heavy atom. The number of carbonyl (C=O) groups is 1. The second-order valence-electron chi connectivity index (χ2n) is 10.1. The van der Waals surface area contributed by atoms with Gasteiger partial charge in [0.25, 0.3) is 0 Å². The van der Waals surface area contributed by atoms with Crippen molar-refractivity contribution in [1.29, 1.82) is 0 Å². The molecule has 4 aromatic rings. The maximum Gasteiger partial charge on any atom is 0.411 e. The Bertz CT molecular complexity index is 1460. The lowest BCUT2D eigenvalue weighted by molar-refractivity contribution is 0.122. The molecule has 6 rings (SSSR count). The molecule has 11 heteroatoms. The summed E-state index contributed by atoms with van der Waals surface area (Å²) >= 11 is 0. The van der Waals surface area contributed by atoms with E-state index in [2.05, 4.69) is 24.5 Å². The lowest BCUT2D eigenvalue weighted by Gasteiger charge is -2.32. The van der Waals surface area contributed by atoms with Crippen molar-refractivity contribution in [2.45, 2.75) is 25.4 Å². The number of morpholine rings is 1. The molecule has 0 saturated carbocycles. The molecular weight excluding hydrogens is 513 g/mol. The lowest BCUT2D eigenvalue weighted by Crippen LogP contribution is -2.37. The number of likely N-dealkylation sites (tertiary alicyclic amines) is 1. The van der Waals surface area contributed by atoms with Crippen molar-refractivity contribution in [3.8, 4) is 11.4 Å². The van der Waals surface area contributed by atoms with E-state index in [4.69, 9.17) is 19.8 Å². The molecule has 2 fully saturated rings. The number of hydrogen-bond acceptors (Lipinski definition) is 8. The number of halogens is 1. The van der Waals surface area contributed by atoms with Crippen LogP contribution in [0.3, 0.4) is 0 Å². The molecule has 40 heavy (non-hydrogen) atoms. The van der Waals surface area contributed by atoms with Crippen LogP contribution in [0, 0.1) is 5.82 Å². The number of anilines is 2. The van der Waals surface area contributed by atoms with Gasteiger partial charge in [0.1, 0.15) is 11.6 Å². The second-order valence-corrected chi connectivity index (χ2v) is 10.1. The zero-order chi connectivity index (χ0) is 27.5. The molecular formula is C29H32FN7O3. The van der Waals surface area contributed by atoms with E-state index < -0.39 is 6.09 Å². The van der Waals surface area contributed by atoms with Crippen molar-refractivity contribution in [1.82, 2.24) is 24.6 Å². The van der Waals surface area contributed by atoms with Crippen LogP contribution in [0.2, 0.25) is 0 Å². The number of ether oxygens (including phenoxy) is 2. The molecule has 2 saturated heterocycles. The van der Waals surface area contributed by atoms with Gasteiger partial charge in [-0.25, -0.2) is 23.8 Å². The van der Waals surface area contributed by atoms with Gasteiger partial charge in [-0.2, -0.15) is 5.10 Å². The van der Waals surface area contributed by atoms with E-state index in [1.54, 1.807) is 0 Å². The molecule has 0 spiro atoms. The number of rotatable bonds is 6. The third-order valence-electron chi connectivity index (χ3n) is 7.54.